The third-order valence-electron chi connectivity index (χ3n) is 12.0. The van der Waals surface area contributed by atoms with E-state index in [2.05, 4.69) is 68.1 Å². The minimum absolute atomic E-state index is 0. The molecule has 0 bridgehead atoms. The first-order chi connectivity index (χ1) is 36.8. The Morgan fingerprint density at radius 3 is 2.03 bits per heavy atom. The number of hydrogen-bond acceptors (Lipinski definition) is 3. The minimum atomic E-state index is -0.596. The van der Waals surface area contributed by atoms with Crippen LogP contribution in [-0.4, -0.2) is 14.1 Å². The van der Waals surface area contributed by atoms with Gasteiger partial charge in [0.2, 0.25) is 0 Å². The van der Waals surface area contributed by atoms with Crippen LogP contribution in [0.4, 0.5) is 0 Å². The van der Waals surface area contributed by atoms with Gasteiger partial charge in [0.15, 0.2) is 0 Å². The molecule has 332 valence electrons. The van der Waals surface area contributed by atoms with Crippen molar-refractivity contribution in [2.75, 3.05) is 0 Å². The number of nitrogens with zero attached hydrogens (tertiary/aromatic N) is 5. The fraction of sp³-hybridized carbons (Fsp3) is 0.0984. The van der Waals surface area contributed by atoms with Gasteiger partial charge in [-0.2, -0.15) is 23.5 Å². The van der Waals surface area contributed by atoms with Crippen molar-refractivity contribution < 1.29 is 44.1 Å². The zero-order valence-corrected chi connectivity index (χ0v) is 39.8. The first-order valence-corrected chi connectivity index (χ1v) is 21.7. The Labute approximate surface area is 425 Å². The maximum Gasteiger partial charge on any atom is 0.268 e. The van der Waals surface area contributed by atoms with E-state index in [0.717, 1.165) is 49.9 Å². The normalized spacial score (nSPS) is 13.5. The average molecular weight is 1070 g/mol. The molecule has 3 aromatic heterocycles. The average Bonchev–Trinajstić information content (AvgIpc) is 4.12. The second-order valence-electron chi connectivity index (χ2n) is 17.3. The molecule has 0 radical (unpaired) electrons. The van der Waals surface area contributed by atoms with Crippen LogP contribution < -0.4 is 9.30 Å². The van der Waals surface area contributed by atoms with Crippen LogP contribution in [0.25, 0.3) is 83.4 Å². The fourth-order valence-corrected chi connectivity index (χ4v) is 9.03. The number of para-hydroxylation sites is 3. The van der Waals surface area contributed by atoms with Crippen molar-refractivity contribution in [2.45, 2.75) is 40.0 Å². The predicted octanol–water partition coefficient (Wildman–Crippen LogP) is 14.4. The van der Waals surface area contributed by atoms with E-state index in [1.54, 1.807) is 45.5 Å². The number of fused-ring (bicyclic) bond motifs is 4. The Balaban J connectivity index is 0.00000688. The quantitative estimate of drug-likeness (QED) is 0.113. The first kappa shape index (κ1) is 33.6. The van der Waals surface area contributed by atoms with E-state index < -0.39 is 60.4 Å². The van der Waals surface area contributed by atoms with E-state index in [4.69, 9.17) is 17.9 Å². The van der Waals surface area contributed by atoms with Gasteiger partial charge < -0.3 is 13.9 Å². The number of ether oxygens (including phenoxy) is 1. The van der Waals surface area contributed by atoms with Gasteiger partial charge in [-0.25, -0.2) is 4.98 Å². The van der Waals surface area contributed by atoms with E-state index in [1.807, 2.05) is 80.7 Å². The number of pyridine rings is 1. The van der Waals surface area contributed by atoms with Crippen LogP contribution in [-0.2, 0) is 26.5 Å². The molecule has 0 fully saturated rings. The molecule has 0 aliphatic heterocycles. The molecule has 11 rings (SSSR count). The van der Waals surface area contributed by atoms with Gasteiger partial charge in [0.1, 0.15) is 5.82 Å². The first-order valence-electron chi connectivity index (χ1n) is 26.7. The van der Waals surface area contributed by atoms with Crippen LogP contribution in [0.2, 0.25) is 0 Å². The number of nitriles is 1. The summed E-state index contributed by atoms with van der Waals surface area (Å²) in [6, 6.07) is 39.1. The van der Waals surface area contributed by atoms with Gasteiger partial charge >= 0.3 is 0 Å². The summed E-state index contributed by atoms with van der Waals surface area (Å²) in [6.07, 6.45) is 5.34. The largest absolute Gasteiger partial charge is 0.510 e. The van der Waals surface area contributed by atoms with Crippen LogP contribution >= 0.6 is 0 Å². The molecular formula is C61H45N5OPt-2. The van der Waals surface area contributed by atoms with E-state index in [9.17, 15) is 10.7 Å². The molecule has 0 aliphatic carbocycles. The SMILES string of the molecule is [2H]c1c([2H])c([2H])c(-c2cccc(-c3c([2H])c([2H])c([2H])c([2H])c3[2H])c2-[n+]2[c-]n(-c3[c-]c(Oc4[c-]c5c(cc4)c4ccccc4n5-c4cc(C(C)(C)C)ccn4)ccc3)c3c(-c4c(C)cc(C#N)cc4C)cccc32)c([2H])c1[2H].[Pt]. The number of benzene rings is 8. The van der Waals surface area contributed by atoms with E-state index >= 15 is 0 Å². The second kappa shape index (κ2) is 17.8. The molecule has 0 N–H and O–H groups in total. The summed E-state index contributed by atoms with van der Waals surface area (Å²) < 4.78 is 101. The van der Waals surface area contributed by atoms with Gasteiger partial charge in [0, 0.05) is 44.3 Å². The Hall–Kier alpha value is -7.84. The predicted molar refractivity (Wildman–Crippen MR) is 269 cm³/mol. The van der Waals surface area contributed by atoms with Crippen molar-refractivity contribution in [3.8, 4) is 68.1 Å². The molecule has 0 saturated heterocycles. The molecule has 0 spiro atoms. The number of aromatic nitrogens is 4. The standard InChI is InChI=1S/C61H45N5O.Pt/c1-40-33-42(38-62)34-41(2)58(40)53-26-16-28-55-60(53)64(39-65(55)59-49(43-17-8-6-9-18-43)24-15-25-50(59)44-19-10-7-11-20-44)46-21-14-22-47(36-46)67-48-29-30-52-51-23-12-13-27-54(51)66(56(52)37-48)57-35-45(31-32-63-57)61(3,4)5;/h6-35H,1-5H3;/q-2;/i6D,7D,8D,9D,10D,11D,17D,18D,19D,20D;. The maximum absolute atomic E-state index is 9.97. The summed E-state index contributed by atoms with van der Waals surface area (Å²) in [5, 5.41) is 12.0. The van der Waals surface area contributed by atoms with Crippen LogP contribution in [0.15, 0.2) is 182 Å². The molecule has 0 aliphatic rings. The van der Waals surface area contributed by atoms with Crippen molar-refractivity contribution in [1.29, 1.82) is 5.26 Å². The summed E-state index contributed by atoms with van der Waals surface area (Å²) in [4.78, 5) is 4.82. The summed E-state index contributed by atoms with van der Waals surface area (Å²) in [6.45, 7) is 10.3. The molecule has 7 heteroatoms. The van der Waals surface area contributed by atoms with Gasteiger partial charge in [-0.15, -0.1) is 29.7 Å². The van der Waals surface area contributed by atoms with E-state index in [0.29, 0.717) is 39.3 Å². The summed E-state index contributed by atoms with van der Waals surface area (Å²) in [7, 11) is 0. The number of imidazole rings is 1. The summed E-state index contributed by atoms with van der Waals surface area (Å²) >= 11 is 0. The molecule has 8 aromatic carbocycles. The fourth-order valence-electron chi connectivity index (χ4n) is 9.03. The maximum atomic E-state index is 9.97. The van der Waals surface area contributed by atoms with Gasteiger partial charge in [-0.1, -0.05) is 141 Å². The number of hydrogen-bond donors (Lipinski definition) is 0. The van der Waals surface area contributed by atoms with Crippen molar-refractivity contribution in [3.63, 3.8) is 0 Å². The van der Waals surface area contributed by atoms with Crippen LogP contribution in [0.1, 0.15) is 56.7 Å². The second-order valence-corrected chi connectivity index (χ2v) is 17.3. The molecule has 68 heavy (non-hydrogen) atoms. The molecule has 0 atom stereocenters. The molecule has 0 amide bonds. The minimum Gasteiger partial charge on any atom is -0.510 e. The zero-order valence-electron chi connectivity index (χ0n) is 47.5. The van der Waals surface area contributed by atoms with Gasteiger partial charge in [0.05, 0.1) is 42.1 Å². The third kappa shape index (κ3) is 7.79. The smallest absolute Gasteiger partial charge is 0.268 e. The summed E-state index contributed by atoms with van der Waals surface area (Å²) in [5.41, 5.74) is 7.75. The molecule has 0 unspecified atom stereocenters. The Morgan fingerprint density at radius 2 is 1.34 bits per heavy atom. The summed E-state index contributed by atoms with van der Waals surface area (Å²) in [5.74, 6) is 1.46. The van der Waals surface area contributed by atoms with Crippen molar-refractivity contribution in [1.82, 2.24) is 14.1 Å². The topological polar surface area (TPSA) is 59.6 Å². The van der Waals surface area contributed by atoms with Crippen molar-refractivity contribution in [3.05, 3.63) is 223 Å². The van der Waals surface area contributed by atoms with Gasteiger partial charge in [0.25, 0.3) is 6.33 Å². The molecule has 3 heterocycles. The third-order valence-corrected chi connectivity index (χ3v) is 12.0. The molecular weight excluding hydrogens is 1010 g/mol. The monoisotopic (exact) mass is 1070 g/mol. The van der Waals surface area contributed by atoms with E-state index in [1.165, 1.54) is 0 Å². The van der Waals surface area contributed by atoms with Crippen LogP contribution in [0, 0.1) is 43.6 Å². The molecule has 0 saturated carbocycles. The van der Waals surface area contributed by atoms with Crippen molar-refractivity contribution in [2.24, 2.45) is 0 Å². The Bertz CT molecular complexity index is 4200. The molecule has 6 nitrogen and oxygen atoms in total. The number of rotatable bonds is 8. The van der Waals surface area contributed by atoms with Gasteiger partial charge in [-0.05, 0) is 111 Å². The Kier molecular flexibility index (Phi) is 8.77. The number of aryl methyl sites for hydroxylation is 2. The van der Waals surface area contributed by atoms with Crippen LogP contribution in [0.3, 0.4) is 0 Å². The van der Waals surface area contributed by atoms with Crippen molar-refractivity contribution >= 4 is 32.8 Å². The molecule has 11 aromatic rings. The van der Waals surface area contributed by atoms with Gasteiger partial charge in [-0.3, -0.25) is 4.57 Å². The Morgan fingerprint density at radius 1 is 0.691 bits per heavy atom. The van der Waals surface area contributed by atoms with E-state index in [-0.39, 0.29) is 54.4 Å². The van der Waals surface area contributed by atoms with Crippen LogP contribution in [0.5, 0.6) is 11.5 Å². The zero-order chi connectivity index (χ0) is 54.5.